The average Bonchev–Trinajstić information content (AvgIpc) is 2.38. The molecule has 96 valence electrons. The van der Waals surface area contributed by atoms with Crippen LogP contribution in [0.4, 0.5) is 0 Å². The van der Waals surface area contributed by atoms with Crippen LogP contribution in [0.25, 0.3) is 0 Å². The first-order valence-corrected chi connectivity index (χ1v) is 7.25. The van der Waals surface area contributed by atoms with Gasteiger partial charge in [0.1, 0.15) is 0 Å². The Bertz CT molecular complexity index is 269. The van der Waals surface area contributed by atoms with E-state index in [0.29, 0.717) is 6.04 Å². The van der Waals surface area contributed by atoms with E-state index < -0.39 is 0 Å². The fourth-order valence-electron chi connectivity index (χ4n) is 3.46. The number of fused-ring (bicyclic) bond motifs is 1. The summed E-state index contributed by atoms with van der Waals surface area (Å²) in [5, 5.41) is 3.87. The Morgan fingerprint density at radius 3 is 2.82 bits per heavy atom. The van der Waals surface area contributed by atoms with Gasteiger partial charge in [0.25, 0.3) is 0 Å². The van der Waals surface area contributed by atoms with Crippen LogP contribution in [-0.4, -0.2) is 36.6 Å². The third-order valence-electron chi connectivity index (χ3n) is 4.49. The second-order valence-electron chi connectivity index (χ2n) is 5.62. The number of nitrogens with one attached hydrogen (secondary N) is 1. The Labute approximate surface area is 106 Å². The first-order valence-electron chi connectivity index (χ1n) is 7.25. The first kappa shape index (κ1) is 12.9. The molecule has 2 nitrogen and oxygen atoms in total. The van der Waals surface area contributed by atoms with E-state index in [1.807, 2.05) is 0 Å². The maximum absolute atomic E-state index is 5.40. The fraction of sp³-hybridized carbons (Fsp3) is 0.867. The molecule has 17 heavy (non-hydrogen) atoms. The molecular weight excluding hydrogens is 208 g/mol. The van der Waals surface area contributed by atoms with Crippen molar-refractivity contribution in [3.05, 3.63) is 0 Å². The molecule has 2 aliphatic rings. The Hall–Kier alpha value is -0.520. The van der Waals surface area contributed by atoms with Crippen molar-refractivity contribution in [2.24, 2.45) is 5.92 Å². The molecular formula is C15H26N2. The highest BCUT2D eigenvalue weighted by molar-refractivity contribution is 4.93. The van der Waals surface area contributed by atoms with Crippen LogP contribution >= 0.6 is 0 Å². The van der Waals surface area contributed by atoms with E-state index in [9.17, 15) is 0 Å². The van der Waals surface area contributed by atoms with Gasteiger partial charge in [-0.3, -0.25) is 4.90 Å². The maximum atomic E-state index is 5.40. The summed E-state index contributed by atoms with van der Waals surface area (Å²) in [6, 6.07) is 1.47. The molecule has 1 aliphatic carbocycles. The van der Waals surface area contributed by atoms with Gasteiger partial charge < -0.3 is 5.32 Å². The van der Waals surface area contributed by atoms with Gasteiger partial charge in [-0.2, -0.15) is 0 Å². The smallest absolute Gasteiger partial charge is 0.0599 e. The second-order valence-corrected chi connectivity index (χ2v) is 5.62. The highest BCUT2D eigenvalue weighted by Crippen LogP contribution is 2.32. The zero-order valence-corrected chi connectivity index (χ0v) is 11.1. The van der Waals surface area contributed by atoms with E-state index in [4.69, 9.17) is 6.42 Å². The minimum absolute atomic E-state index is 0.669. The zero-order chi connectivity index (χ0) is 12.1. The van der Waals surface area contributed by atoms with Crippen molar-refractivity contribution < 1.29 is 0 Å². The molecule has 2 rings (SSSR count). The van der Waals surface area contributed by atoms with E-state index in [0.717, 1.165) is 31.6 Å². The van der Waals surface area contributed by atoms with Gasteiger partial charge in [0.2, 0.25) is 0 Å². The van der Waals surface area contributed by atoms with Gasteiger partial charge in [-0.05, 0) is 38.1 Å². The van der Waals surface area contributed by atoms with E-state index in [-0.39, 0.29) is 0 Å². The highest BCUT2D eigenvalue weighted by atomic mass is 15.1. The lowest BCUT2D eigenvalue weighted by Crippen LogP contribution is -2.52. The predicted octanol–water partition coefficient (Wildman–Crippen LogP) is 2.25. The van der Waals surface area contributed by atoms with Crippen molar-refractivity contribution in [3.8, 4) is 12.3 Å². The lowest BCUT2D eigenvalue weighted by Gasteiger charge is -2.41. The summed E-state index contributed by atoms with van der Waals surface area (Å²) in [4.78, 5) is 2.38. The molecule has 2 heteroatoms. The van der Waals surface area contributed by atoms with Gasteiger partial charge in [-0.1, -0.05) is 25.7 Å². The van der Waals surface area contributed by atoms with Gasteiger partial charge >= 0.3 is 0 Å². The third kappa shape index (κ3) is 3.47. The van der Waals surface area contributed by atoms with Crippen molar-refractivity contribution in [1.82, 2.24) is 10.2 Å². The largest absolute Gasteiger partial charge is 0.310 e. The highest BCUT2D eigenvalue weighted by Gasteiger charge is 2.31. The summed E-state index contributed by atoms with van der Waals surface area (Å²) in [5.41, 5.74) is 0. The molecule has 0 aromatic carbocycles. The van der Waals surface area contributed by atoms with E-state index >= 15 is 0 Å². The van der Waals surface area contributed by atoms with Gasteiger partial charge in [-0.15, -0.1) is 6.42 Å². The number of terminal acetylenes is 1. The first-order chi connectivity index (χ1) is 8.33. The Morgan fingerprint density at radius 1 is 1.24 bits per heavy atom. The Morgan fingerprint density at radius 2 is 2.06 bits per heavy atom. The number of likely N-dealkylation sites (N-methyl/N-ethyl adjacent to an activating group) is 1. The minimum Gasteiger partial charge on any atom is -0.310 e. The summed E-state index contributed by atoms with van der Waals surface area (Å²) in [6.07, 6.45) is 13.9. The van der Waals surface area contributed by atoms with Gasteiger partial charge in [-0.25, -0.2) is 0 Å². The molecule has 1 saturated heterocycles. The SMILES string of the molecule is C#CCN(CC)CC1CCC2CCCCC2N1. The normalized spacial score (nSPS) is 33.1. The molecule has 0 amide bonds. The molecule has 0 aromatic rings. The lowest BCUT2D eigenvalue weighted by molar-refractivity contribution is 0.151. The molecule has 3 unspecified atom stereocenters. The van der Waals surface area contributed by atoms with Crippen LogP contribution < -0.4 is 5.32 Å². The van der Waals surface area contributed by atoms with E-state index in [1.54, 1.807) is 0 Å². The number of rotatable bonds is 4. The summed E-state index contributed by atoms with van der Waals surface area (Å²) >= 11 is 0. The third-order valence-corrected chi connectivity index (χ3v) is 4.49. The van der Waals surface area contributed by atoms with Crippen LogP contribution in [0.3, 0.4) is 0 Å². The Kier molecular flexibility index (Phi) is 4.88. The van der Waals surface area contributed by atoms with Crippen molar-refractivity contribution in [2.45, 2.75) is 57.5 Å². The molecule has 1 heterocycles. The van der Waals surface area contributed by atoms with Crippen LogP contribution in [0.5, 0.6) is 0 Å². The van der Waals surface area contributed by atoms with Crippen LogP contribution in [0.2, 0.25) is 0 Å². The molecule has 0 radical (unpaired) electrons. The van der Waals surface area contributed by atoms with Crippen LogP contribution in [0, 0.1) is 18.3 Å². The number of hydrogen-bond acceptors (Lipinski definition) is 2. The quantitative estimate of drug-likeness (QED) is 0.751. The minimum atomic E-state index is 0.669. The summed E-state index contributed by atoms with van der Waals surface area (Å²) in [6.45, 7) is 5.19. The Balaban J connectivity index is 1.81. The van der Waals surface area contributed by atoms with Gasteiger partial charge in [0, 0.05) is 18.6 Å². The molecule has 1 N–H and O–H groups in total. The van der Waals surface area contributed by atoms with E-state index in [2.05, 4.69) is 23.1 Å². The maximum Gasteiger partial charge on any atom is 0.0599 e. The average molecular weight is 234 g/mol. The van der Waals surface area contributed by atoms with Crippen molar-refractivity contribution in [1.29, 1.82) is 0 Å². The zero-order valence-electron chi connectivity index (χ0n) is 11.1. The van der Waals surface area contributed by atoms with Gasteiger partial charge in [0.05, 0.1) is 6.54 Å². The molecule has 1 aliphatic heterocycles. The lowest BCUT2D eigenvalue weighted by atomic mass is 9.78. The molecule has 0 spiro atoms. The molecule has 3 atom stereocenters. The predicted molar refractivity (Wildman–Crippen MR) is 72.9 cm³/mol. The van der Waals surface area contributed by atoms with Crippen LogP contribution in [-0.2, 0) is 0 Å². The second kappa shape index (κ2) is 6.42. The summed E-state index contributed by atoms with van der Waals surface area (Å²) < 4.78 is 0. The van der Waals surface area contributed by atoms with Crippen LogP contribution in [0.1, 0.15) is 45.4 Å². The summed E-state index contributed by atoms with van der Waals surface area (Å²) in [5.74, 6) is 3.72. The van der Waals surface area contributed by atoms with Crippen molar-refractivity contribution in [3.63, 3.8) is 0 Å². The van der Waals surface area contributed by atoms with Crippen molar-refractivity contribution >= 4 is 0 Å². The van der Waals surface area contributed by atoms with Crippen LogP contribution in [0.15, 0.2) is 0 Å². The fourth-order valence-corrected chi connectivity index (χ4v) is 3.46. The van der Waals surface area contributed by atoms with Gasteiger partial charge in [0.15, 0.2) is 0 Å². The standard InChI is InChI=1S/C15H26N2/c1-3-11-17(4-2)12-14-10-9-13-7-5-6-8-15(13)16-14/h1,13-16H,4-12H2,2H3. The number of hydrogen-bond donors (Lipinski definition) is 1. The molecule has 1 saturated carbocycles. The monoisotopic (exact) mass is 234 g/mol. The molecule has 2 fully saturated rings. The molecule has 0 bridgehead atoms. The molecule has 0 aromatic heterocycles. The summed E-state index contributed by atoms with van der Waals surface area (Å²) in [7, 11) is 0. The topological polar surface area (TPSA) is 15.3 Å². The number of piperidine rings is 1. The number of nitrogens with zero attached hydrogens (tertiary/aromatic N) is 1. The van der Waals surface area contributed by atoms with Crippen molar-refractivity contribution in [2.75, 3.05) is 19.6 Å². The van der Waals surface area contributed by atoms with E-state index in [1.165, 1.54) is 38.5 Å².